The zero-order valence-electron chi connectivity index (χ0n) is 8.48. The van der Waals surface area contributed by atoms with Gasteiger partial charge in [-0.1, -0.05) is 6.07 Å². The second-order valence-electron chi connectivity index (χ2n) is 3.14. The van der Waals surface area contributed by atoms with Gasteiger partial charge in [0, 0.05) is 0 Å². The van der Waals surface area contributed by atoms with Crippen LogP contribution in [0.15, 0.2) is 33.5 Å². The van der Waals surface area contributed by atoms with Gasteiger partial charge in [0.25, 0.3) is 0 Å². The summed E-state index contributed by atoms with van der Waals surface area (Å²) in [5, 5.41) is 10.6. The number of para-hydroxylation sites is 1. The van der Waals surface area contributed by atoms with Crippen molar-refractivity contribution in [2.45, 2.75) is 0 Å². The normalized spacial score (nSPS) is 14.4. The third-order valence-corrected chi connectivity index (χ3v) is 1.99. The Morgan fingerprint density at radius 3 is 2.12 bits per heavy atom. The highest BCUT2D eigenvalue weighted by Gasteiger charge is 2.17. The molecule has 1 aliphatic rings. The first-order valence-corrected chi connectivity index (χ1v) is 4.54. The van der Waals surface area contributed by atoms with Gasteiger partial charge in [0.1, 0.15) is 5.69 Å². The Balaban J connectivity index is 2.26. The second-order valence-corrected chi connectivity index (χ2v) is 3.14. The quantitative estimate of drug-likeness (QED) is 0.649. The van der Waals surface area contributed by atoms with E-state index in [4.69, 9.17) is 11.5 Å². The average molecular weight is 238 g/mol. The van der Waals surface area contributed by atoms with E-state index in [1.165, 1.54) is 6.07 Å². The number of nitrogens with zero attached hydrogens (tertiary/aromatic N) is 3. The van der Waals surface area contributed by atoms with Gasteiger partial charge in [-0.2, -0.15) is 5.10 Å². The number of nitrogens with two attached hydrogens (primary N) is 2. The maximum absolute atomic E-state index is 13.2. The summed E-state index contributed by atoms with van der Waals surface area (Å²) in [5.41, 5.74) is 12.7. The Kier molecular flexibility index (Phi) is 2.69. The molecule has 1 aromatic carbocycles. The van der Waals surface area contributed by atoms with Crippen LogP contribution < -0.4 is 16.9 Å². The molecule has 0 saturated carbocycles. The maximum atomic E-state index is 13.2. The highest BCUT2D eigenvalue weighted by Crippen LogP contribution is 2.17. The molecule has 88 valence electrons. The molecule has 0 unspecified atom stereocenters. The number of amidine groups is 2. The van der Waals surface area contributed by atoms with Crippen LogP contribution in [0.3, 0.4) is 0 Å². The number of anilines is 1. The fourth-order valence-electron chi connectivity index (χ4n) is 1.16. The molecule has 17 heavy (non-hydrogen) atoms. The Morgan fingerprint density at radius 1 is 1.06 bits per heavy atom. The molecule has 0 radical (unpaired) electrons. The zero-order valence-corrected chi connectivity index (χ0v) is 8.48. The van der Waals surface area contributed by atoms with Gasteiger partial charge in [-0.3, -0.25) is 5.43 Å². The van der Waals surface area contributed by atoms with Gasteiger partial charge in [-0.15, -0.1) is 10.2 Å². The standard InChI is InChI=1S/C9H8F2N6/c10-4-2-1-3-5(11)6(4)14-15-7-8(12)16-17-9(7)13/h1-3,14H,(H4,12,13,15,16,17). The minimum absolute atomic E-state index is 0.0215. The molecule has 1 aromatic rings. The minimum atomic E-state index is -0.779. The van der Waals surface area contributed by atoms with Crippen molar-refractivity contribution in [1.29, 1.82) is 0 Å². The number of hydrogen-bond acceptors (Lipinski definition) is 6. The van der Waals surface area contributed by atoms with Gasteiger partial charge >= 0.3 is 0 Å². The molecule has 0 aromatic heterocycles. The summed E-state index contributed by atoms with van der Waals surface area (Å²) in [5.74, 6) is -1.60. The average Bonchev–Trinajstić information content (AvgIpc) is 2.59. The van der Waals surface area contributed by atoms with Crippen molar-refractivity contribution in [2.24, 2.45) is 26.8 Å². The summed E-state index contributed by atoms with van der Waals surface area (Å²) in [6, 6.07) is 3.43. The van der Waals surface area contributed by atoms with Crippen LogP contribution in [0.4, 0.5) is 14.5 Å². The van der Waals surface area contributed by atoms with Crippen molar-refractivity contribution < 1.29 is 8.78 Å². The van der Waals surface area contributed by atoms with E-state index in [9.17, 15) is 8.78 Å². The van der Waals surface area contributed by atoms with Crippen LogP contribution in [-0.2, 0) is 0 Å². The van der Waals surface area contributed by atoms with E-state index < -0.39 is 17.3 Å². The molecule has 0 spiro atoms. The molecule has 0 amide bonds. The molecule has 0 bridgehead atoms. The number of benzene rings is 1. The fourth-order valence-corrected chi connectivity index (χ4v) is 1.16. The number of nitrogens with one attached hydrogen (secondary N) is 1. The van der Waals surface area contributed by atoms with Crippen molar-refractivity contribution >= 4 is 23.1 Å². The van der Waals surface area contributed by atoms with Crippen molar-refractivity contribution in [1.82, 2.24) is 0 Å². The van der Waals surface area contributed by atoms with Gasteiger partial charge in [0.2, 0.25) is 0 Å². The van der Waals surface area contributed by atoms with E-state index in [1.54, 1.807) is 0 Å². The van der Waals surface area contributed by atoms with E-state index in [1.807, 2.05) is 0 Å². The number of hydrogen-bond donors (Lipinski definition) is 3. The molecule has 5 N–H and O–H groups in total. The van der Waals surface area contributed by atoms with E-state index in [2.05, 4.69) is 20.7 Å². The van der Waals surface area contributed by atoms with Gasteiger partial charge < -0.3 is 11.5 Å². The maximum Gasteiger partial charge on any atom is 0.177 e. The first-order valence-electron chi connectivity index (χ1n) is 4.54. The summed E-state index contributed by atoms with van der Waals surface area (Å²) in [7, 11) is 0. The van der Waals surface area contributed by atoms with Crippen LogP contribution >= 0.6 is 0 Å². The molecule has 1 heterocycles. The lowest BCUT2D eigenvalue weighted by Gasteiger charge is -2.04. The number of hydrazone groups is 1. The summed E-state index contributed by atoms with van der Waals surface area (Å²) >= 11 is 0. The lowest BCUT2D eigenvalue weighted by molar-refractivity contribution is 0.589. The van der Waals surface area contributed by atoms with Crippen LogP contribution in [0.25, 0.3) is 0 Å². The number of rotatable bonds is 2. The van der Waals surface area contributed by atoms with E-state index in [0.717, 1.165) is 12.1 Å². The molecule has 0 aliphatic carbocycles. The van der Waals surface area contributed by atoms with E-state index in [0.29, 0.717) is 0 Å². The molecule has 0 fully saturated rings. The Morgan fingerprint density at radius 2 is 1.59 bits per heavy atom. The summed E-state index contributed by atoms with van der Waals surface area (Å²) < 4.78 is 26.4. The van der Waals surface area contributed by atoms with Crippen LogP contribution in [0.2, 0.25) is 0 Å². The molecule has 8 heteroatoms. The highest BCUT2D eigenvalue weighted by molar-refractivity contribution is 6.68. The van der Waals surface area contributed by atoms with Gasteiger partial charge in [0.15, 0.2) is 29.0 Å². The van der Waals surface area contributed by atoms with Crippen molar-refractivity contribution in [3.05, 3.63) is 29.8 Å². The Labute approximate surface area is 94.7 Å². The van der Waals surface area contributed by atoms with Gasteiger partial charge in [0.05, 0.1) is 0 Å². The van der Waals surface area contributed by atoms with Crippen molar-refractivity contribution in [3.63, 3.8) is 0 Å². The predicted octanol–water partition coefficient (Wildman–Crippen LogP) is 0.376. The SMILES string of the molecule is NC1=NN=C(N)C1=NNc1c(F)cccc1F. The molecule has 0 saturated heterocycles. The molecule has 2 rings (SSSR count). The van der Waals surface area contributed by atoms with E-state index in [-0.39, 0.29) is 17.4 Å². The van der Waals surface area contributed by atoms with Crippen molar-refractivity contribution in [2.75, 3.05) is 5.43 Å². The fraction of sp³-hybridized carbons (Fsp3) is 0. The summed E-state index contributed by atoms with van der Waals surface area (Å²) in [4.78, 5) is 0. The zero-order chi connectivity index (χ0) is 12.4. The highest BCUT2D eigenvalue weighted by atomic mass is 19.1. The van der Waals surface area contributed by atoms with Crippen LogP contribution in [0.1, 0.15) is 0 Å². The topological polar surface area (TPSA) is 101 Å². The Hall–Kier alpha value is -2.51. The Bertz CT molecular complexity index is 508. The predicted molar refractivity (Wildman–Crippen MR) is 60.7 cm³/mol. The van der Waals surface area contributed by atoms with Crippen LogP contribution in [0, 0.1) is 11.6 Å². The monoisotopic (exact) mass is 238 g/mol. The van der Waals surface area contributed by atoms with Gasteiger partial charge in [-0.25, -0.2) is 8.78 Å². The molecule has 1 aliphatic heterocycles. The third-order valence-electron chi connectivity index (χ3n) is 1.99. The largest absolute Gasteiger partial charge is 0.380 e. The van der Waals surface area contributed by atoms with Crippen molar-refractivity contribution in [3.8, 4) is 0 Å². The summed E-state index contributed by atoms with van der Waals surface area (Å²) in [6.45, 7) is 0. The first-order chi connectivity index (χ1) is 8.09. The molecule has 0 atom stereocenters. The van der Waals surface area contributed by atoms with Gasteiger partial charge in [-0.05, 0) is 12.1 Å². The van der Waals surface area contributed by atoms with Crippen LogP contribution in [-0.4, -0.2) is 17.4 Å². The lowest BCUT2D eigenvalue weighted by atomic mass is 10.3. The molecular formula is C9H8F2N6. The molecule has 6 nitrogen and oxygen atoms in total. The number of halogens is 2. The summed E-state index contributed by atoms with van der Waals surface area (Å²) in [6.07, 6.45) is 0. The lowest BCUT2D eigenvalue weighted by Crippen LogP contribution is -2.32. The second kappa shape index (κ2) is 4.16. The minimum Gasteiger partial charge on any atom is -0.380 e. The van der Waals surface area contributed by atoms with Crippen LogP contribution in [0.5, 0.6) is 0 Å². The molecular weight excluding hydrogens is 230 g/mol. The third kappa shape index (κ3) is 2.05. The van der Waals surface area contributed by atoms with E-state index >= 15 is 0 Å². The smallest absolute Gasteiger partial charge is 0.177 e. The first kappa shape index (κ1) is 11.0.